The second-order valence-corrected chi connectivity index (χ2v) is 4.44. The first kappa shape index (κ1) is 13.4. The van der Waals surface area contributed by atoms with Crippen LogP contribution in [0.2, 0.25) is 0 Å². The standard InChI is InChI=1S/C14H19N3O2/c1-10(15)12-5-4-11(18-3)8-13(12)19-9-14-16-6-7-17(14)2/h4-8,10H,9,15H2,1-3H3/t10-/m1/s1. The van der Waals surface area contributed by atoms with E-state index < -0.39 is 0 Å². The zero-order valence-corrected chi connectivity index (χ0v) is 11.5. The Morgan fingerprint density at radius 3 is 2.79 bits per heavy atom. The highest BCUT2D eigenvalue weighted by Crippen LogP contribution is 2.29. The lowest BCUT2D eigenvalue weighted by atomic mass is 10.1. The van der Waals surface area contributed by atoms with Crippen LogP contribution in [0.25, 0.3) is 0 Å². The van der Waals surface area contributed by atoms with Crippen LogP contribution in [-0.2, 0) is 13.7 Å². The van der Waals surface area contributed by atoms with Crippen molar-refractivity contribution >= 4 is 0 Å². The number of rotatable bonds is 5. The van der Waals surface area contributed by atoms with E-state index >= 15 is 0 Å². The number of hydrogen-bond acceptors (Lipinski definition) is 4. The van der Waals surface area contributed by atoms with Gasteiger partial charge in [-0.1, -0.05) is 6.07 Å². The molecule has 2 aromatic rings. The lowest BCUT2D eigenvalue weighted by molar-refractivity contribution is 0.285. The lowest BCUT2D eigenvalue weighted by Gasteiger charge is -2.15. The van der Waals surface area contributed by atoms with Gasteiger partial charge in [-0.3, -0.25) is 0 Å². The molecule has 2 rings (SSSR count). The fourth-order valence-electron chi connectivity index (χ4n) is 1.82. The van der Waals surface area contributed by atoms with Crippen molar-refractivity contribution in [3.05, 3.63) is 42.0 Å². The van der Waals surface area contributed by atoms with Crippen LogP contribution < -0.4 is 15.2 Å². The molecule has 0 saturated carbocycles. The molecular weight excluding hydrogens is 242 g/mol. The van der Waals surface area contributed by atoms with Gasteiger partial charge < -0.3 is 19.8 Å². The fourth-order valence-corrected chi connectivity index (χ4v) is 1.82. The molecule has 5 nitrogen and oxygen atoms in total. The quantitative estimate of drug-likeness (QED) is 0.894. The zero-order valence-electron chi connectivity index (χ0n) is 11.5. The molecule has 0 aliphatic heterocycles. The number of ether oxygens (including phenoxy) is 2. The Hall–Kier alpha value is -2.01. The number of hydrogen-bond donors (Lipinski definition) is 1. The topological polar surface area (TPSA) is 62.3 Å². The molecule has 19 heavy (non-hydrogen) atoms. The van der Waals surface area contributed by atoms with E-state index in [-0.39, 0.29) is 6.04 Å². The van der Waals surface area contributed by atoms with Crippen molar-refractivity contribution in [2.45, 2.75) is 19.6 Å². The third-order valence-corrected chi connectivity index (χ3v) is 2.99. The molecule has 1 atom stereocenters. The Morgan fingerprint density at radius 2 is 2.21 bits per heavy atom. The van der Waals surface area contributed by atoms with Crippen LogP contribution in [0.15, 0.2) is 30.6 Å². The van der Waals surface area contributed by atoms with E-state index in [9.17, 15) is 0 Å². The average molecular weight is 261 g/mol. The summed E-state index contributed by atoms with van der Waals surface area (Å²) in [5.41, 5.74) is 6.90. The molecule has 1 heterocycles. The monoisotopic (exact) mass is 261 g/mol. The Balaban J connectivity index is 2.20. The summed E-state index contributed by atoms with van der Waals surface area (Å²) in [7, 11) is 3.56. The first-order valence-corrected chi connectivity index (χ1v) is 6.14. The van der Waals surface area contributed by atoms with Gasteiger partial charge in [0.1, 0.15) is 23.9 Å². The number of aromatic nitrogens is 2. The highest BCUT2D eigenvalue weighted by molar-refractivity contribution is 5.42. The summed E-state index contributed by atoms with van der Waals surface area (Å²) in [6.07, 6.45) is 3.63. The molecule has 102 valence electrons. The van der Waals surface area contributed by atoms with Gasteiger partial charge in [-0.05, 0) is 13.0 Å². The molecule has 0 unspecified atom stereocenters. The van der Waals surface area contributed by atoms with Gasteiger partial charge in [-0.25, -0.2) is 4.98 Å². The number of methoxy groups -OCH3 is 1. The molecule has 1 aromatic carbocycles. The summed E-state index contributed by atoms with van der Waals surface area (Å²) < 4.78 is 13.0. The Labute approximate surface area is 113 Å². The van der Waals surface area contributed by atoms with Crippen LogP contribution in [0.4, 0.5) is 0 Å². The van der Waals surface area contributed by atoms with Gasteiger partial charge in [0.25, 0.3) is 0 Å². The first-order valence-electron chi connectivity index (χ1n) is 6.14. The molecule has 2 N–H and O–H groups in total. The molecule has 0 aliphatic rings. The maximum absolute atomic E-state index is 5.94. The molecule has 0 fully saturated rings. The van der Waals surface area contributed by atoms with Crippen molar-refractivity contribution in [2.75, 3.05) is 7.11 Å². The second kappa shape index (κ2) is 5.75. The smallest absolute Gasteiger partial charge is 0.146 e. The minimum Gasteiger partial charge on any atom is -0.497 e. The number of nitrogens with two attached hydrogens (primary N) is 1. The predicted molar refractivity (Wildman–Crippen MR) is 73.1 cm³/mol. The minimum atomic E-state index is -0.0951. The van der Waals surface area contributed by atoms with Gasteiger partial charge in [0, 0.05) is 37.1 Å². The summed E-state index contributed by atoms with van der Waals surface area (Å²) in [4.78, 5) is 4.22. The third-order valence-electron chi connectivity index (χ3n) is 2.99. The van der Waals surface area contributed by atoms with Gasteiger partial charge in [0.2, 0.25) is 0 Å². The van der Waals surface area contributed by atoms with Gasteiger partial charge >= 0.3 is 0 Å². The van der Waals surface area contributed by atoms with E-state index in [1.54, 1.807) is 13.3 Å². The van der Waals surface area contributed by atoms with Crippen molar-refractivity contribution in [3.63, 3.8) is 0 Å². The van der Waals surface area contributed by atoms with Crippen LogP contribution in [0.5, 0.6) is 11.5 Å². The minimum absolute atomic E-state index is 0.0951. The van der Waals surface area contributed by atoms with Gasteiger partial charge in [-0.15, -0.1) is 0 Å². The van der Waals surface area contributed by atoms with Crippen LogP contribution >= 0.6 is 0 Å². The number of imidazole rings is 1. The van der Waals surface area contributed by atoms with Crippen LogP contribution in [-0.4, -0.2) is 16.7 Å². The largest absolute Gasteiger partial charge is 0.497 e. The first-order chi connectivity index (χ1) is 9.11. The maximum atomic E-state index is 5.94. The van der Waals surface area contributed by atoms with Crippen LogP contribution in [0.1, 0.15) is 24.4 Å². The summed E-state index contributed by atoms with van der Waals surface area (Å²) in [5, 5.41) is 0. The predicted octanol–water partition coefficient (Wildman–Crippen LogP) is 2.03. The van der Waals surface area contributed by atoms with Crippen LogP contribution in [0, 0.1) is 0 Å². The fraction of sp³-hybridized carbons (Fsp3) is 0.357. The Bertz CT molecular complexity index is 549. The zero-order chi connectivity index (χ0) is 13.8. The van der Waals surface area contributed by atoms with Crippen molar-refractivity contribution in [1.82, 2.24) is 9.55 Å². The van der Waals surface area contributed by atoms with Crippen molar-refractivity contribution in [2.24, 2.45) is 12.8 Å². The molecule has 1 aromatic heterocycles. The van der Waals surface area contributed by atoms with E-state index in [1.807, 2.05) is 42.9 Å². The van der Waals surface area contributed by atoms with E-state index in [1.165, 1.54) is 0 Å². The van der Waals surface area contributed by atoms with Gasteiger partial charge in [-0.2, -0.15) is 0 Å². The van der Waals surface area contributed by atoms with E-state index in [2.05, 4.69) is 4.98 Å². The summed E-state index contributed by atoms with van der Waals surface area (Å²) >= 11 is 0. The van der Waals surface area contributed by atoms with E-state index in [4.69, 9.17) is 15.2 Å². The molecule has 0 spiro atoms. The molecule has 0 radical (unpaired) electrons. The molecule has 0 aliphatic carbocycles. The van der Waals surface area contributed by atoms with Crippen molar-refractivity contribution in [3.8, 4) is 11.5 Å². The maximum Gasteiger partial charge on any atom is 0.146 e. The van der Waals surface area contributed by atoms with E-state index in [0.29, 0.717) is 6.61 Å². The summed E-state index contributed by atoms with van der Waals surface area (Å²) in [6, 6.07) is 5.56. The van der Waals surface area contributed by atoms with Crippen molar-refractivity contribution in [1.29, 1.82) is 0 Å². The molecule has 0 amide bonds. The number of nitrogens with zero attached hydrogens (tertiary/aromatic N) is 2. The van der Waals surface area contributed by atoms with Crippen LogP contribution in [0.3, 0.4) is 0 Å². The lowest BCUT2D eigenvalue weighted by Crippen LogP contribution is -2.09. The Morgan fingerprint density at radius 1 is 1.42 bits per heavy atom. The molecule has 5 heteroatoms. The summed E-state index contributed by atoms with van der Waals surface area (Å²) in [5.74, 6) is 2.34. The third kappa shape index (κ3) is 3.06. The molecular formula is C14H19N3O2. The van der Waals surface area contributed by atoms with E-state index in [0.717, 1.165) is 22.9 Å². The second-order valence-electron chi connectivity index (χ2n) is 4.44. The normalized spacial score (nSPS) is 12.2. The average Bonchev–Trinajstić information content (AvgIpc) is 2.81. The van der Waals surface area contributed by atoms with Gasteiger partial charge in [0.15, 0.2) is 0 Å². The van der Waals surface area contributed by atoms with Gasteiger partial charge in [0.05, 0.1) is 7.11 Å². The Kier molecular flexibility index (Phi) is 4.06. The summed E-state index contributed by atoms with van der Waals surface area (Å²) in [6.45, 7) is 2.33. The molecule has 0 saturated heterocycles. The van der Waals surface area contributed by atoms with Crippen molar-refractivity contribution < 1.29 is 9.47 Å². The highest BCUT2D eigenvalue weighted by Gasteiger charge is 2.11. The highest BCUT2D eigenvalue weighted by atomic mass is 16.5. The molecule has 0 bridgehead atoms. The number of aryl methyl sites for hydroxylation is 1. The SMILES string of the molecule is COc1ccc([C@@H](C)N)c(OCc2nccn2C)c1. The number of benzene rings is 1.